The lowest BCUT2D eigenvalue weighted by Crippen LogP contribution is -2.40. The van der Waals surface area contributed by atoms with Gasteiger partial charge in [0.25, 0.3) is 0 Å². The average molecular weight is 303 g/mol. The van der Waals surface area contributed by atoms with Gasteiger partial charge in [-0.1, -0.05) is 23.4 Å². The second-order valence-electron chi connectivity index (χ2n) is 5.19. The zero-order chi connectivity index (χ0) is 15.9. The third kappa shape index (κ3) is 4.80. The summed E-state index contributed by atoms with van der Waals surface area (Å²) in [5.41, 5.74) is 1.76. The van der Waals surface area contributed by atoms with Crippen molar-refractivity contribution in [3.63, 3.8) is 0 Å². The fourth-order valence-electron chi connectivity index (χ4n) is 1.92. The number of aryl methyl sites for hydroxylation is 2. The van der Waals surface area contributed by atoms with Crippen LogP contribution < -0.4 is 15.4 Å². The maximum atomic E-state index is 11.7. The number of amides is 2. The molecule has 0 radical (unpaired) electrons. The molecule has 1 aromatic carbocycles. The number of rotatable bonds is 6. The van der Waals surface area contributed by atoms with E-state index in [0.29, 0.717) is 18.8 Å². The first-order valence-corrected chi connectivity index (χ1v) is 7.21. The van der Waals surface area contributed by atoms with E-state index >= 15 is 0 Å². The average Bonchev–Trinajstić information content (AvgIpc) is 2.91. The van der Waals surface area contributed by atoms with Crippen LogP contribution in [0.25, 0.3) is 0 Å². The van der Waals surface area contributed by atoms with Crippen LogP contribution in [0.1, 0.15) is 23.9 Å². The van der Waals surface area contributed by atoms with Crippen LogP contribution in [-0.4, -0.2) is 23.8 Å². The highest BCUT2D eigenvalue weighted by molar-refractivity contribution is 5.73. The van der Waals surface area contributed by atoms with E-state index < -0.39 is 0 Å². The number of nitrogens with zero attached hydrogens (tertiary/aromatic N) is 1. The van der Waals surface area contributed by atoms with Crippen LogP contribution >= 0.6 is 0 Å². The Kier molecular flexibility index (Phi) is 5.41. The van der Waals surface area contributed by atoms with Crippen molar-refractivity contribution in [2.75, 3.05) is 6.54 Å². The summed E-state index contributed by atoms with van der Waals surface area (Å²) in [6, 6.07) is 9.31. The number of carbonyl (C=O) groups is 1. The Bertz CT molecular complexity index is 625. The molecule has 1 aromatic heterocycles. The Morgan fingerprint density at radius 2 is 2.09 bits per heavy atom. The minimum Gasteiger partial charge on any atom is -0.489 e. The molecule has 118 valence electrons. The van der Waals surface area contributed by atoms with Gasteiger partial charge in [0, 0.05) is 6.07 Å². The quantitative estimate of drug-likeness (QED) is 0.860. The largest absolute Gasteiger partial charge is 0.489 e. The van der Waals surface area contributed by atoms with Crippen LogP contribution in [0.4, 0.5) is 4.79 Å². The van der Waals surface area contributed by atoms with Gasteiger partial charge in [-0.05, 0) is 32.4 Å². The summed E-state index contributed by atoms with van der Waals surface area (Å²) in [4.78, 5) is 11.7. The molecule has 6 nitrogen and oxygen atoms in total. The Hall–Kier alpha value is -2.50. The number of hydrogen-bond acceptors (Lipinski definition) is 4. The molecule has 22 heavy (non-hydrogen) atoms. The highest BCUT2D eigenvalue weighted by Crippen LogP contribution is 2.17. The van der Waals surface area contributed by atoms with Gasteiger partial charge in [0.2, 0.25) is 0 Å². The van der Waals surface area contributed by atoms with Crippen molar-refractivity contribution in [1.82, 2.24) is 15.8 Å². The number of ether oxygens (including phenoxy) is 1. The Morgan fingerprint density at radius 3 is 2.77 bits per heavy atom. The summed E-state index contributed by atoms with van der Waals surface area (Å²) >= 11 is 0. The van der Waals surface area contributed by atoms with Gasteiger partial charge in [0.05, 0.1) is 13.1 Å². The van der Waals surface area contributed by atoms with E-state index in [0.717, 1.165) is 17.1 Å². The van der Waals surface area contributed by atoms with Crippen molar-refractivity contribution < 1.29 is 14.1 Å². The van der Waals surface area contributed by atoms with Gasteiger partial charge >= 0.3 is 6.03 Å². The van der Waals surface area contributed by atoms with Crippen molar-refractivity contribution in [3.8, 4) is 5.75 Å². The van der Waals surface area contributed by atoms with Crippen molar-refractivity contribution in [2.24, 2.45) is 0 Å². The molecule has 2 rings (SSSR count). The molecule has 1 unspecified atom stereocenters. The first-order chi connectivity index (χ1) is 10.5. The number of para-hydroxylation sites is 1. The maximum absolute atomic E-state index is 11.7. The molecule has 0 saturated heterocycles. The van der Waals surface area contributed by atoms with Crippen molar-refractivity contribution in [2.45, 2.75) is 33.4 Å². The maximum Gasteiger partial charge on any atom is 0.315 e. The Balaban J connectivity index is 1.70. The van der Waals surface area contributed by atoms with E-state index in [1.165, 1.54) is 0 Å². The standard InChI is InChI=1S/C16H21N3O3/c1-11-6-4-5-7-15(11)21-13(3)9-17-16(20)18-10-14-8-12(2)22-19-14/h4-8,13H,9-10H2,1-3H3,(H2,17,18,20). The van der Waals surface area contributed by atoms with Crippen molar-refractivity contribution in [3.05, 3.63) is 47.3 Å². The first kappa shape index (κ1) is 15.9. The molecule has 0 bridgehead atoms. The molecule has 2 N–H and O–H groups in total. The minimum absolute atomic E-state index is 0.124. The Morgan fingerprint density at radius 1 is 1.32 bits per heavy atom. The van der Waals surface area contributed by atoms with Gasteiger partial charge < -0.3 is 19.9 Å². The van der Waals surface area contributed by atoms with Gasteiger partial charge in [-0.2, -0.15) is 0 Å². The van der Waals surface area contributed by atoms with E-state index in [1.54, 1.807) is 13.0 Å². The number of urea groups is 1. The summed E-state index contributed by atoms with van der Waals surface area (Å²) in [5, 5.41) is 9.29. The number of aromatic nitrogens is 1. The lowest BCUT2D eigenvalue weighted by molar-refractivity contribution is 0.206. The van der Waals surface area contributed by atoms with Crippen LogP contribution in [0.2, 0.25) is 0 Å². The van der Waals surface area contributed by atoms with E-state index in [4.69, 9.17) is 9.26 Å². The summed E-state index contributed by atoms with van der Waals surface area (Å²) < 4.78 is 10.7. The summed E-state index contributed by atoms with van der Waals surface area (Å²) in [6.07, 6.45) is -0.124. The van der Waals surface area contributed by atoms with Gasteiger partial charge in [-0.3, -0.25) is 0 Å². The highest BCUT2D eigenvalue weighted by atomic mass is 16.5. The molecule has 1 heterocycles. The summed E-state index contributed by atoms with van der Waals surface area (Å²) in [6.45, 7) is 6.45. The zero-order valence-corrected chi connectivity index (χ0v) is 13.1. The lowest BCUT2D eigenvalue weighted by atomic mass is 10.2. The highest BCUT2D eigenvalue weighted by Gasteiger charge is 2.09. The monoisotopic (exact) mass is 303 g/mol. The third-order valence-electron chi connectivity index (χ3n) is 3.08. The molecule has 0 aliphatic carbocycles. The molecule has 0 saturated carbocycles. The molecule has 0 aliphatic rings. The normalized spacial score (nSPS) is 11.8. The predicted octanol–water partition coefficient (Wildman–Crippen LogP) is 2.56. The molecular weight excluding hydrogens is 282 g/mol. The number of carbonyl (C=O) groups excluding carboxylic acids is 1. The SMILES string of the molecule is Cc1cc(CNC(=O)NCC(C)Oc2ccccc2C)no1. The summed E-state index contributed by atoms with van der Waals surface area (Å²) in [7, 11) is 0. The van der Waals surface area contributed by atoms with Crippen molar-refractivity contribution in [1.29, 1.82) is 0 Å². The van der Waals surface area contributed by atoms with Gasteiger partial charge in [0.15, 0.2) is 0 Å². The van der Waals surface area contributed by atoms with Gasteiger partial charge in [-0.25, -0.2) is 4.79 Å². The van der Waals surface area contributed by atoms with Crippen LogP contribution in [0.15, 0.2) is 34.9 Å². The molecule has 0 spiro atoms. The van der Waals surface area contributed by atoms with Crippen LogP contribution in [0.5, 0.6) is 5.75 Å². The third-order valence-corrected chi connectivity index (χ3v) is 3.08. The second kappa shape index (κ2) is 7.49. The topological polar surface area (TPSA) is 76.4 Å². The molecular formula is C16H21N3O3. The predicted molar refractivity (Wildman–Crippen MR) is 82.7 cm³/mol. The molecule has 0 fully saturated rings. The number of nitrogens with one attached hydrogen (secondary N) is 2. The second-order valence-corrected chi connectivity index (χ2v) is 5.19. The van der Waals surface area contributed by atoms with E-state index in [9.17, 15) is 4.79 Å². The molecule has 6 heteroatoms. The molecule has 2 aromatic rings. The van der Waals surface area contributed by atoms with Crippen molar-refractivity contribution >= 4 is 6.03 Å². The fraction of sp³-hybridized carbons (Fsp3) is 0.375. The number of benzene rings is 1. The van der Waals surface area contributed by atoms with Gasteiger partial charge in [0.1, 0.15) is 23.3 Å². The smallest absolute Gasteiger partial charge is 0.315 e. The van der Waals surface area contributed by atoms with Crippen LogP contribution in [-0.2, 0) is 6.54 Å². The van der Waals surface area contributed by atoms with E-state index in [2.05, 4.69) is 15.8 Å². The summed E-state index contributed by atoms with van der Waals surface area (Å²) in [5.74, 6) is 1.55. The van der Waals surface area contributed by atoms with Crippen LogP contribution in [0.3, 0.4) is 0 Å². The fourth-order valence-corrected chi connectivity index (χ4v) is 1.92. The lowest BCUT2D eigenvalue weighted by Gasteiger charge is -2.17. The number of hydrogen-bond donors (Lipinski definition) is 2. The molecule has 1 atom stereocenters. The molecule has 2 amide bonds. The minimum atomic E-state index is -0.263. The van der Waals surface area contributed by atoms with E-state index in [1.807, 2.05) is 38.1 Å². The van der Waals surface area contributed by atoms with Gasteiger partial charge in [-0.15, -0.1) is 0 Å². The zero-order valence-electron chi connectivity index (χ0n) is 13.1. The first-order valence-electron chi connectivity index (χ1n) is 7.21. The van der Waals surface area contributed by atoms with Crippen LogP contribution in [0, 0.1) is 13.8 Å². The van der Waals surface area contributed by atoms with E-state index in [-0.39, 0.29) is 12.1 Å². The molecule has 0 aliphatic heterocycles. The Labute approximate surface area is 129 Å².